The van der Waals surface area contributed by atoms with Crippen molar-refractivity contribution >= 4 is 10.0 Å². The average Bonchev–Trinajstić information content (AvgIpc) is 3.19. The number of benzene rings is 1. The van der Waals surface area contributed by atoms with E-state index in [-0.39, 0.29) is 11.4 Å². The second-order valence-corrected chi connectivity index (χ2v) is 7.06. The molecule has 1 aromatic carbocycles. The maximum absolute atomic E-state index is 12.7. The van der Waals surface area contributed by atoms with Crippen molar-refractivity contribution in [1.29, 1.82) is 0 Å². The van der Waals surface area contributed by atoms with Crippen LogP contribution in [0.15, 0.2) is 23.1 Å². The molecular weight excluding hydrogens is 305 g/mol. The SMILES string of the molecule is Cc1ccc(CN)cc1S(=O)(=O)N(CC(F)(F)F)C1CC1. The molecule has 118 valence electrons. The Hall–Kier alpha value is -1.12. The highest BCUT2D eigenvalue weighted by Crippen LogP contribution is 2.35. The summed E-state index contributed by atoms with van der Waals surface area (Å²) in [6.45, 7) is 0.240. The van der Waals surface area contributed by atoms with Crippen LogP contribution in [0.1, 0.15) is 24.0 Å². The highest BCUT2D eigenvalue weighted by Gasteiger charge is 2.45. The Morgan fingerprint density at radius 1 is 1.33 bits per heavy atom. The number of halogens is 3. The minimum atomic E-state index is -4.56. The summed E-state index contributed by atoms with van der Waals surface area (Å²) in [5.74, 6) is 0. The maximum Gasteiger partial charge on any atom is 0.402 e. The molecule has 8 heteroatoms. The Balaban J connectivity index is 2.43. The molecule has 2 N–H and O–H groups in total. The first-order chi connectivity index (χ1) is 9.65. The molecule has 0 bridgehead atoms. The van der Waals surface area contributed by atoms with Gasteiger partial charge in [0.15, 0.2) is 0 Å². The molecule has 1 fully saturated rings. The second kappa shape index (κ2) is 5.58. The lowest BCUT2D eigenvalue weighted by Crippen LogP contribution is -2.40. The Bertz CT molecular complexity index is 625. The predicted molar refractivity (Wildman–Crippen MR) is 72.0 cm³/mol. The molecule has 0 amide bonds. The van der Waals surface area contributed by atoms with E-state index in [2.05, 4.69) is 0 Å². The fourth-order valence-corrected chi connectivity index (χ4v) is 4.07. The summed E-state index contributed by atoms with van der Waals surface area (Å²) in [4.78, 5) is -0.0957. The standard InChI is InChI=1S/C13H17F3N2O2S/c1-9-2-3-10(7-17)6-12(9)21(19,20)18(11-4-5-11)8-13(14,15)16/h2-3,6,11H,4-5,7-8,17H2,1H3. The lowest BCUT2D eigenvalue weighted by Gasteiger charge is -2.24. The Morgan fingerprint density at radius 3 is 2.43 bits per heavy atom. The van der Waals surface area contributed by atoms with Crippen LogP contribution in [0.25, 0.3) is 0 Å². The normalized spacial score (nSPS) is 16.5. The highest BCUT2D eigenvalue weighted by molar-refractivity contribution is 7.89. The molecule has 0 atom stereocenters. The summed E-state index contributed by atoms with van der Waals surface area (Å²) in [5, 5.41) is 0. The summed E-state index contributed by atoms with van der Waals surface area (Å²) in [5.41, 5.74) is 6.46. The number of hydrogen-bond donors (Lipinski definition) is 1. The van der Waals surface area contributed by atoms with E-state index in [1.165, 1.54) is 6.07 Å². The van der Waals surface area contributed by atoms with Crippen LogP contribution in [0.3, 0.4) is 0 Å². The third kappa shape index (κ3) is 3.75. The first-order valence-electron chi connectivity index (χ1n) is 6.53. The summed E-state index contributed by atoms with van der Waals surface area (Å²) in [7, 11) is -4.18. The van der Waals surface area contributed by atoms with E-state index in [0.29, 0.717) is 28.3 Å². The van der Waals surface area contributed by atoms with Crippen LogP contribution < -0.4 is 5.73 Å². The van der Waals surface area contributed by atoms with Crippen LogP contribution >= 0.6 is 0 Å². The lowest BCUT2D eigenvalue weighted by molar-refractivity contribution is -0.137. The predicted octanol–water partition coefficient (Wildman–Crippen LogP) is 2.17. The van der Waals surface area contributed by atoms with Crippen molar-refractivity contribution in [3.8, 4) is 0 Å². The monoisotopic (exact) mass is 322 g/mol. The fraction of sp³-hybridized carbons (Fsp3) is 0.538. The molecule has 1 saturated carbocycles. The van der Waals surface area contributed by atoms with Gasteiger partial charge in [-0.3, -0.25) is 0 Å². The van der Waals surface area contributed by atoms with Gasteiger partial charge in [0.2, 0.25) is 10.0 Å². The Labute approximate surface area is 121 Å². The molecule has 1 aliphatic rings. The third-order valence-electron chi connectivity index (χ3n) is 3.36. The molecule has 0 aliphatic heterocycles. The molecule has 21 heavy (non-hydrogen) atoms. The Kier molecular flexibility index (Phi) is 4.32. The topological polar surface area (TPSA) is 63.4 Å². The van der Waals surface area contributed by atoms with Crippen LogP contribution in [0.5, 0.6) is 0 Å². The van der Waals surface area contributed by atoms with Crippen molar-refractivity contribution in [3.05, 3.63) is 29.3 Å². The molecule has 0 saturated heterocycles. The fourth-order valence-electron chi connectivity index (χ4n) is 2.13. The first-order valence-corrected chi connectivity index (χ1v) is 7.97. The van der Waals surface area contributed by atoms with Gasteiger partial charge in [-0.1, -0.05) is 12.1 Å². The number of aryl methyl sites for hydroxylation is 1. The summed E-state index contributed by atoms with van der Waals surface area (Å²) >= 11 is 0. The van der Waals surface area contributed by atoms with Crippen molar-refractivity contribution in [3.63, 3.8) is 0 Å². The first kappa shape index (κ1) is 16.3. The number of nitrogens with two attached hydrogens (primary N) is 1. The van der Waals surface area contributed by atoms with E-state index in [4.69, 9.17) is 5.73 Å². The van der Waals surface area contributed by atoms with E-state index in [0.717, 1.165) is 0 Å². The number of nitrogens with zero attached hydrogens (tertiary/aromatic N) is 1. The van der Waals surface area contributed by atoms with E-state index < -0.39 is 28.8 Å². The Morgan fingerprint density at radius 2 is 1.95 bits per heavy atom. The zero-order chi connectivity index (χ0) is 15.8. The molecular formula is C13H17F3N2O2S. The van der Waals surface area contributed by atoms with E-state index in [1.54, 1.807) is 19.1 Å². The molecule has 1 aromatic rings. The average molecular weight is 322 g/mol. The molecule has 4 nitrogen and oxygen atoms in total. The molecule has 0 unspecified atom stereocenters. The lowest BCUT2D eigenvalue weighted by atomic mass is 10.1. The summed E-state index contributed by atoms with van der Waals surface area (Å²) in [6, 6.07) is 4.03. The van der Waals surface area contributed by atoms with Gasteiger partial charge in [-0.05, 0) is 37.0 Å². The van der Waals surface area contributed by atoms with Gasteiger partial charge < -0.3 is 5.73 Å². The van der Waals surface area contributed by atoms with Crippen LogP contribution in [0.2, 0.25) is 0 Å². The van der Waals surface area contributed by atoms with Crippen LogP contribution in [0, 0.1) is 6.92 Å². The van der Waals surface area contributed by atoms with Gasteiger partial charge in [-0.2, -0.15) is 17.5 Å². The van der Waals surface area contributed by atoms with Crippen LogP contribution in [-0.4, -0.2) is 31.5 Å². The van der Waals surface area contributed by atoms with Gasteiger partial charge in [-0.25, -0.2) is 8.42 Å². The van der Waals surface area contributed by atoms with Gasteiger partial charge in [0, 0.05) is 12.6 Å². The van der Waals surface area contributed by atoms with E-state index in [1.807, 2.05) is 0 Å². The number of hydrogen-bond acceptors (Lipinski definition) is 3. The molecule has 0 spiro atoms. The quantitative estimate of drug-likeness (QED) is 0.903. The smallest absolute Gasteiger partial charge is 0.326 e. The number of alkyl halides is 3. The van der Waals surface area contributed by atoms with Crippen molar-refractivity contribution in [1.82, 2.24) is 4.31 Å². The van der Waals surface area contributed by atoms with E-state index in [9.17, 15) is 21.6 Å². The van der Waals surface area contributed by atoms with Crippen molar-refractivity contribution in [2.45, 2.75) is 43.4 Å². The summed E-state index contributed by atoms with van der Waals surface area (Å²) < 4.78 is 63.7. The van der Waals surface area contributed by atoms with Crippen LogP contribution in [-0.2, 0) is 16.6 Å². The second-order valence-electron chi connectivity index (χ2n) is 5.20. The van der Waals surface area contributed by atoms with Gasteiger partial charge >= 0.3 is 6.18 Å². The largest absolute Gasteiger partial charge is 0.402 e. The van der Waals surface area contributed by atoms with Crippen LogP contribution in [0.4, 0.5) is 13.2 Å². The zero-order valence-electron chi connectivity index (χ0n) is 11.5. The van der Waals surface area contributed by atoms with Crippen molar-refractivity contribution in [2.75, 3.05) is 6.54 Å². The summed E-state index contributed by atoms with van der Waals surface area (Å²) in [6.07, 6.45) is -3.63. The number of rotatable bonds is 5. The van der Waals surface area contributed by atoms with Gasteiger partial charge in [0.05, 0.1) is 4.90 Å². The minimum absolute atomic E-state index is 0.0957. The zero-order valence-corrected chi connectivity index (χ0v) is 12.3. The molecule has 2 rings (SSSR count). The molecule has 0 heterocycles. The molecule has 0 aromatic heterocycles. The van der Waals surface area contributed by atoms with Gasteiger partial charge in [0.25, 0.3) is 0 Å². The number of sulfonamides is 1. The van der Waals surface area contributed by atoms with Crippen molar-refractivity contribution < 1.29 is 21.6 Å². The highest BCUT2D eigenvalue weighted by atomic mass is 32.2. The molecule has 1 aliphatic carbocycles. The van der Waals surface area contributed by atoms with Crippen molar-refractivity contribution in [2.24, 2.45) is 5.73 Å². The maximum atomic E-state index is 12.7. The molecule has 0 radical (unpaired) electrons. The third-order valence-corrected chi connectivity index (χ3v) is 5.40. The van der Waals surface area contributed by atoms with E-state index >= 15 is 0 Å². The minimum Gasteiger partial charge on any atom is -0.326 e. The van der Waals surface area contributed by atoms with Gasteiger partial charge in [0.1, 0.15) is 6.54 Å². The van der Waals surface area contributed by atoms with Gasteiger partial charge in [-0.15, -0.1) is 0 Å².